The van der Waals surface area contributed by atoms with Crippen LogP contribution < -0.4 is 5.32 Å². The molecule has 3 aromatic rings. The Bertz CT molecular complexity index is 906. The lowest BCUT2D eigenvalue weighted by Gasteiger charge is -2.25. The maximum Gasteiger partial charge on any atom is 0.252 e. The first kappa shape index (κ1) is 18.4. The molecule has 0 saturated heterocycles. The van der Waals surface area contributed by atoms with Crippen LogP contribution in [-0.2, 0) is 18.4 Å². The van der Waals surface area contributed by atoms with Crippen LogP contribution in [0.3, 0.4) is 0 Å². The van der Waals surface area contributed by atoms with E-state index in [-0.39, 0.29) is 11.8 Å². The lowest BCUT2D eigenvalue weighted by Crippen LogP contribution is -2.41. The number of aryl methyl sites for hydroxylation is 1. The summed E-state index contributed by atoms with van der Waals surface area (Å²) in [6.45, 7) is 0.354. The third-order valence-electron chi connectivity index (χ3n) is 4.37. The highest BCUT2D eigenvalue weighted by Crippen LogP contribution is 2.17. The smallest absolute Gasteiger partial charge is 0.252 e. The van der Waals surface area contributed by atoms with Crippen LogP contribution in [0.15, 0.2) is 73.1 Å². The molecule has 6 heteroatoms. The predicted molar refractivity (Wildman–Crippen MR) is 103 cm³/mol. The first-order chi connectivity index (χ1) is 13.1. The summed E-state index contributed by atoms with van der Waals surface area (Å²) in [7, 11) is 3.59. The SMILES string of the molecule is CN(Cc1nccn1C)C(=O)C(NC(=O)c1ccccc1)c1ccccc1. The molecule has 0 saturated carbocycles. The molecule has 3 rings (SSSR count). The fraction of sp³-hybridized carbons (Fsp3) is 0.190. The van der Waals surface area contributed by atoms with Gasteiger partial charge in [0.25, 0.3) is 5.91 Å². The molecule has 2 aromatic carbocycles. The summed E-state index contributed by atoms with van der Waals surface area (Å²) in [4.78, 5) is 31.6. The van der Waals surface area contributed by atoms with Gasteiger partial charge in [-0.05, 0) is 17.7 Å². The third-order valence-corrected chi connectivity index (χ3v) is 4.37. The van der Waals surface area contributed by atoms with Gasteiger partial charge in [0, 0.05) is 32.1 Å². The number of imidazole rings is 1. The van der Waals surface area contributed by atoms with Crippen LogP contribution >= 0.6 is 0 Å². The number of carbonyl (C=O) groups is 2. The first-order valence-electron chi connectivity index (χ1n) is 8.68. The zero-order valence-corrected chi connectivity index (χ0v) is 15.4. The van der Waals surface area contributed by atoms with E-state index in [1.165, 1.54) is 0 Å². The number of benzene rings is 2. The Morgan fingerprint density at radius 2 is 1.70 bits per heavy atom. The van der Waals surface area contributed by atoms with E-state index in [1.54, 1.807) is 42.4 Å². The van der Waals surface area contributed by atoms with Gasteiger partial charge in [0.15, 0.2) is 0 Å². The summed E-state index contributed by atoms with van der Waals surface area (Å²) in [5, 5.41) is 2.87. The quantitative estimate of drug-likeness (QED) is 0.733. The van der Waals surface area contributed by atoms with E-state index in [4.69, 9.17) is 0 Å². The van der Waals surface area contributed by atoms with Crippen LogP contribution in [0, 0.1) is 0 Å². The molecule has 1 unspecified atom stereocenters. The van der Waals surface area contributed by atoms with E-state index >= 15 is 0 Å². The molecule has 1 aromatic heterocycles. The van der Waals surface area contributed by atoms with E-state index in [9.17, 15) is 9.59 Å². The fourth-order valence-corrected chi connectivity index (χ4v) is 2.80. The largest absolute Gasteiger partial charge is 0.337 e. The minimum Gasteiger partial charge on any atom is -0.337 e. The molecule has 0 aliphatic rings. The second-order valence-electron chi connectivity index (χ2n) is 6.33. The highest BCUT2D eigenvalue weighted by atomic mass is 16.2. The van der Waals surface area contributed by atoms with Crippen LogP contribution in [0.1, 0.15) is 27.8 Å². The van der Waals surface area contributed by atoms with E-state index in [2.05, 4.69) is 10.3 Å². The van der Waals surface area contributed by atoms with Crippen LogP contribution in [0.25, 0.3) is 0 Å². The minimum absolute atomic E-state index is 0.200. The monoisotopic (exact) mass is 362 g/mol. The summed E-state index contributed by atoms with van der Waals surface area (Å²) < 4.78 is 1.86. The Morgan fingerprint density at radius 1 is 1.07 bits per heavy atom. The molecule has 0 aliphatic heterocycles. The van der Waals surface area contributed by atoms with Gasteiger partial charge in [-0.2, -0.15) is 0 Å². The van der Waals surface area contributed by atoms with Crippen molar-refractivity contribution in [3.8, 4) is 0 Å². The molecule has 1 atom stereocenters. The second kappa shape index (κ2) is 8.31. The van der Waals surface area contributed by atoms with Crippen molar-refractivity contribution in [3.05, 3.63) is 90.0 Å². The van der Waals surface area contributed by atoms with Crippen molar-refractivity contribution in [2.45, 2.75) is 12.6 Å². The zero-order valence-electron chi connectivity index (χ0n) is 15.4. The van der Waals surface area contributed by atoms with Gasteiger partial charge >= 0.3 is 0 Å². The Kier molecular flexibility index (Phi) is 5.66. The van der Waals surface area contributed by atoms with Crippen molar-refractivity contribution in [1.82, 2.24) is 19.8 Å². The van der Waals surface area contributed by atoms with Gasteiger partial charge in [-0.1, -0.05) is 48.5 Å². The first-order valence-corrected chi connectivity index (χ1v) is 8.68. The number of hydrogen-bond donors (Lipinski definition) is 1. The lowest BCUT2D eigenvalue weighted by atomic mass is 10.0. The topological polar surface area (TPSA) is 67.2 Å². The number of hydrogen-bond acceptors (Lipinski definition) is 3. The van der Waals surface area contributed by atoms with E-state index in [0.29, 0.717) is 12.1 Å². The van der Waals surface area contributed by atoms with Crippen molar-refractivity contribution in [3.63, 3.8) is 0 Å². The molecule has 27 heavy (non-hydrogen) atoms. The zero-order chi connectivity index (χ0) is 19.2. The van der Waals surface area contributed by atoms with Crippen molar-refractivity contribution in [2.24, 2.45) is 7.05 Å². The standard InChI is InChI=1S/C21H22N4O2/c1-24-14-13-22-18(24)15-25(2)21(27)19(16-9-5-3-6-10-16)23-20(26)17-11-7-4-8-12-17/h3-14,19H,15H2,1-2H3,(H,23,26). The number of amides is 2. The molecule has 0 bridgehead atoms. The molecule has 0 radical (unpaired) electrons. The maximum atomic E-state index is 13.1. The molecule has 6 nitrogen and oxygen atoms in total. The van der Waals surface area contributed by atoms with Crippen LogP contribution in [0.4, 0.5) is 0 Å². The molecule has 0 fully saturated rings. The number of rotatable bonds is 6. The average Bonchev–Trinajstić information content (AvgIpc) is 3.11. The Hall–Kier alpha value is -3.41. The molecule has 2 amide bonds. The van der Waals surface area contributed by atoms with E-state index < -0.39 is 6.04 Å². The van der Waals surface area contributed by atoms with Gasteiger partial charge in [-0.15, -0.1) is 0 Å². The number of carbonyl (C=O) groups excluding carboxylic acids is 2. The number of nitrogens with one attached hydrogen (secondary N) is 1. The van der Waals surface area contributed by atoms with E-state index in [0.717, 1.165) is 11.4 Å². The second-order valence-corrected chi connectivity index (χ2v) is 6.33. The number of aromatic nitrogens is 2. The van der Waals surface area contributed by atoms with Crippen LogP contribution in [-0.4, -0.2) is 33.3 Å². The molecule has 0 spiro atoms. The predicted octanol–water partition coefficient (Wildman–Crippen LogP) is 2.55. The number of nitrogens with zero attached hydrogens (tertiary/aromatic N) is 3. The van der Waals surface area contributed by atoms with Crippen molar-refractivity contribution >= 4 is 11.8 Å². The highest BCUT2D eigenvalue weighted by Gasteiger charge is 2.26. The van der Waals surface area contributed by atoms with Gasteiger partial charge in [-0.3, -0.25) is 9.59 Å². The molecule has 1 N–H and O–H groups in total. The molecule has 138 valence electrons. The van der Waals surface area contributed by atoms with E-state index in [1.807, 2.05) is 54.2 Å². The Labute approximate surface area is 158 Å². The summed E-state index contributed by atoms with van der Waals surface area (Å²) in [5.74, 6) is 0.281. The van der Waals surface area contributed by atoms with Gasteiger partial charge < -0.3 is 14.8 Å². The van der Waals surface area contributed by atoms with Crippen molar-refractivity contribution in [2.75, 3.05) is 7.05 Å². The summed E-state index contributed by atoms with van der Waals surface area (Å²) in [6.07, 6.45) is 3.53. The summed E-state index contributed by atoms with van der Waals surface area (Å²) in [6, 6.07) is 17.3. The van der Waals surface area contributed by atoms with Crippen molar-refractivity contribution < 1.29 is 9.59 Å². The fourth-order valence-electron chi connectivity index (χ4n) is 2.80. The van der Waals surface area contributed by atoms with Gasteiger partial charge in [0.2, 0.25) is 5.91 Å². The molecule has 0 aliphatic carbocycles. The van der Waals surface area contributed by atoms with Crippen LogP contribution in [0.2, 0.25) is 0 Å². The third kappa shape index (κ3) is 4.41. The summed E-state index contributed by atoms with van der Waals surface area (Å²) in [5.41, 5.74) is 1.25. The van der Waals surface area contributed by atoms with Gasteiger partial charge in [0.1, 0.15) is 11.9 Å². The normalized spacial score (nSPS) is 11.6. The maximum absolute atomic E-state index is 13.1. The van der Waals surface area contributed by atoms with Crippen LogP contribution in [0.5, 0.6) is 0 Å². The lowest BCUT2D eigenvalue weighted by molar-refractivity contribution is -0.132. The average molecular weight is 362 g/mol. The van der Waals surface area contributed by atoms with Gasteiger partial charge in [-0.25, -0.2) is 4.98 Å². The minimum atomic E-state index is -0.774. The Morgan fingerprint density at radius 3 is 2.30 bits per heavy atom. The molecular formula is C21H22N4O2. The van der Waals surface area contributed by atoms with Crippen molar-refractivity contribution in [1.29, 1.82) is 0 Å². The summed E-state index contributed by atoms with van der Waals surface area (Å²) >= 11 is 0. The van der Waals surface area contributed by atoms with Gasteiger partial charge in [0.05, 0.1) is 6.54 Å². The highest BCUT2D eigenvalue weighted by molar-refractivity contribution is 5.97. The number of likely N-dealkylation sites (N-methyl/N-ethyl adjacent to an activating group) is 1. The molecule has 1 heterocycles. The molecular weight excluding hydrogens is 340 g/mol. The Balaban J connectivity index is 1.82.